The highest BCUT2D eigenvalue weighted by Gasteiger charge is 2.33. The molecule has 0 fully saturated rings. The van der Waals surface area contributed by atoms with Crippen LogP contribution in [-0.2, 0) is 17.4 Å². The van der Waals surface area contributed by atoms with E-state index in [2.05, 4.69) is 15.5 Å². The van der Waals surface area contributed by atoms with Crippen LogP contribution in [0.25, 0.3) is 0 Å². The SMILES string of the molecule is CCc1nnc(NC(=O)CSc2ccc(C(F)(F)F)cc2[N+](=O)[O-])s1. The van der Waals surface area contributed by atoms with Crippen LogP contribution in [0.2, 0.25) is 0 Å². The molecule has 2 rings (SSSR count). The van der Waals surface area contributed by atoms with Gasteiger partial charge in [-0.25, -0.2) is 0 Å². The lowest BCUT2D eigenvalue weighted by Crippen LogP contribution is -2.14. The van der Waals surface area contributed by atoms with Crippen LogP contribution in [0, 0.1) is 10.1 Å². The lowest BCUT2D eigenvalue weighted by Gasteiger charge is -2.08. The van der Waals surface area contributed by atoms with E-state index < -0.39 is 28.3 Å². The summed E-state index contributed by atoms with van der Waals surface area (Å²) in [7, 11) is 0. The maximum absolute atomic E-state index is 12.6. The third-order valence-corrected chi connectivity index (χ3v) is 4.90. The third-order valence-electron chi connectivity index (χ3n) is 2.86. The van der Waals surface area contributed by atoms with E-state index in [1.54, 1.807) is 0 Å². The maximum Gasteiger partial charge on any atom is 0.416 e. The van der Waals surface area contributed by atoms with E-state index in [-0.39, 0.29) is 10.6 Å². The fourth-order valence-corrected chi connectivity index (χ4v) is 3.20. The molecule has 1 aromatic carbocycles. The fourth-order valence-electron chi connectivity index (χ4n) is 1.70. The van der Waals surface area contributed by atoms with E-state index in [4.69, 9.17) is 0 Å². The molecule has 0 aliphatic heterocycles. The number of nitrogens with one attached hydrogen (secondary N) is 1. The number of carbonyl (C=O) groups excluding carboxylic acids is 1. The largest absolute Gasteiger partial charge is 0.416 e. The summed E-state index contributed by atoms with van der Waals surface area (Å²) in [5, 5.41) is 22.1. The Labute approximate surface area is 147 Å². The van der Waals surface area contributed by atoms with Crippen molar-refractivity contribution in [2.75, 3.05) is 11.1 Å². The third kappa shape index (κ3) is 5.13. The number of halogens is 3. The smallest absolute Gasteiger partial charge is 0.300 e. The minimum atomic E-state index is -4.68. The summed E-state index contributed by atoms with van der Waals surface area (Å²) in [5.74, 6) is -0.703. The maximum atomic E-state index is 12.6. The lowest BCUT2D eigenvalue weighted by atomic mass is 10.2. The Morgan fingerprint density at radius 2 is 2.12 bits per heavy atom. The number of nitro groups is 1. The molecule has 7 nitrogen and oxygen atoms in total. The van der Waals surface area contributed by atoms with Crippen molar-refractivity contribution in [3.8, 4) is 0 Å². The van der Waals surface area contributed by atoms with Gasteiger partial charge in [0, 0.05) is 6.07 Å². The average molecular weight is 392 g/mol. The zero-order valence-corrected chi connectivity index (χ0v) is 14.3. The van der Waals surface area contributed by atoms with Crippen molar-refractivity contribution in [2.45, 2.75) is 24.4 Å². The molecule has 1 heterocycles. The van der Waals surface area contributed by atoms with Crippen molar-refractivity contribution >= 4 is 39.8 Å². The minimum Gasteiger partial charge on any atom is -0.300 e. The quantitative estimate of drug-likeness (QED) is 0.457. The summed E-state index contributed by atoms with van der Waals surface area (Å²) in [5.41, 5.74) is -1.81. The average Bonchev–Trinajstić information content (AvgIpc) is 2.99. The van der Waals surface area contributed by atoms with Crippen LogP contribution in [0.5, 0.6) is 0 Å². The molecule has 0 spiro atoms. The molecule has 0 aliphatic rings. The molecular weight excluding hydrogens is 381 g/mol. The van der Waals surface area contributed by atoms with Gasteiger partial charge in [-0.15, -0.1) is 22.0 Å². The molecule has 2 aromatic rings. The monoisotopic (exact) mass is 392 g/mol. The minimum absolute atomic E-state index is 0.0281. The Hall–Kier alpha value is -2.21. The molecule has 0 saturated carbocycles. The number of carbonyl (C=O) groups is 1. The van der Waals surface area contributed by atoms with Crippen molar-refractivity contribution in [1.82, 2.24) is 10.2 Å². The Kier molecular flexibility index (Phi) is 5.95. The van der Waals surface area contributed by atoms with Crippen molar-refractivity contribution < 1.29 is 22.9 Å². The first-order chi connectivity index (χ1) is 11.7. The van der Waals surface area contributed by atoms with Crippen molar-refractivity contribution in [3.63, 3.8) is 0 Å². The summed E-state index contributed by atoms with van der Waals surface area (Å²) < 4.78 is 37.9. The highest BCUT2D eigenvalue weighted by molar-refractivity contribution is 8.00. The Morgan fingerprint density at radius 1 is 1.40 bits per heavy atom. The Bertz CT molecular complexity index is 795. The second-order valence-electron chi connectivity index (χ2n) is 4.63. The van der Waals surface area contributed by atoms with Gasteiger partial charge in [0.25, 0.3) is 5.69 Å². The summed E-state index contributed by atoms with van der Waals surface area (Å²) in [6.45, 7) is 1.88. The van der Waals surface area contributed by atoms with Gasteiger partial charge in [-0.2, -0.15) is 13.2 Å². The van der Waals surface area contributed by atoms with Gasteiger partial charge >= 0.3 is 6.18 Å². The number of hydrogen-bond acceptors (Lipinski definition) is 7. The fraction of sp³-hybridized carbons (Fsp3) is 0.308. The van der Waals surface area contributed by atoms with E-state index in [9.17, 15) is 28.1 Å². The van der Waals surface area contributed by atoms with Gasteiger partial charge in [0.05, 0.1) is 21.1 Å². The molecule has 0 atom stereocenters. The Balaban J connectivity index is 2.06. The number of benzene rings is 1. The van der Waals surface area contributed by atoms with E-state index >= 15 is 0 Å². The molecule has 134 valence electrons. The predicted molar refractivity (Wildman–Crippen MR) is 86.7 cm³/mol. The van der Waals surface area contributed by atoms with Gasteiger partial charge < -0.3 is 0 Å². The number of amides is 1. The first-order valence-electron chi connectivity index (χ1n) is 6.81. The molecule has 0 saturated heterocycles. The lowest BCUT2D eigenvalue weighted by molar-refractivity contribution is -0.388. The highest BCUT2D eigenvalue weighted by Crippen LogP contribution is 2.36. The number of alkyl halides is 3. The van der Waals surface area contributed by atoms with Gasteiger partial charge in [0.1, 0.15) is 5.01 Å². The molecule has 0 radical (unpaired) electrons. The van der Waals surface area contributed by atoms with Crippen molar-refractivity contribution in [1.29, 1.82) is 0 Å². The summed E-state index contributed by atoms with van der Waals surface area (Å²) >= 11 is 1.97. The van der Waals surface area contributed by atoms with Crippen LogP contribution >= 0.6 is 23.1 Å². The van der Waals surface area contributed by atoms with E-state index in [0.29, 0.717) is 17.6 Å². The number of thioether (sulfide) groups is 1. The van der Waals surface area contributed by atoms with Crippen molar-refractivity contribution in [2.24, 2.45) is 0 Å². The van der Waals surface area contributed by atoms with Gasteiger partial charge in [0.15, 0.2) is 0 Å². The summed E-state index contributed by atoms with van der Waals surface area (Å²) in [4.78, 5) is 21.9. The number of hydrogen-bond donors (Lipinski definition) is 1. The first-order valence-corrected chi connectivity index (χ1v) is 8.61. The van der Waals surface area contributed by atoms with Crippen LogP contribution < -0.4 is 5.32 Å². The van der Waals surface area contributed by atoms with Gasteiger partial charge in [-0.1, -0.05) is 18.3 Å². The number of aromatic nitrogens is 2. The summed E-state index contributed by atoms with van der Waals surface area (Å²) in [6.07, 6.45) is -4.01. The second kappa shape index (κ2) is 7.78. The van der Waals surface area contributed by atoms with Gasteiger partial charge in [-0.05, 0) is 18.6 Å². The number of rotatable bonds is 6. The number of aryl methyl sites for hydroxylation is 1. The molecule has 0 unspecified atom stereocenters. The number of anilines is 1. The van der Waals surface area contributed by atoms with E-state index in [0.717, 1.165) is 28.9 Å². The zero-order chi connectivity index (χ0) is 18.6. The first kappa shape index (κ1) is 19.1. The van der Waals surface area contributed by atoms with Crippen LogP contribution in [0.1, 0.15) is 17.5 Å². The number of nitro benzene ring substituents is 1. The zero-order valence-electron chi connectivity index (χ0n) is 12.7. The van der Waals surface area contributed by atoms with E-state index in [1.165, 1.54) is 11.3 Å². The molecule has 1 amide bonds. The van der Waals surface area contributed by atoms with Crippen molar-refractivity contribution in [3.05, 3.63) is 38.9 Å². The summed E-state index contributed by atoms with van der Waals surface area (Å²) in [6, 6.07) is 2.18. The van der Waals surface area contributed by atoms with Crippen LogP contribution in [0.4, 0.5) is 24.0 Å². The molecule has 0 bridgehead atoms. The molecule has 12 heteroatoms. The predicted octanol–water partition coefficient (Wildman–Crippen LogP) is 3.76. The molecule has 1 aromatic heterocycles. The highest BCUT2D eigenvalue weighted by atomic mass is 32.2. The Morgan fingerprint density at radius 3 is 2.68 bits per heavy atom. The molecular formula is C13H11F3N4O3S2. The van der Waals surface area contributed by atoms with E-state index in [1.807, 2.05) is 6.92 Å². The van der Waals surface area contributed by atoms with Gasteiger partial charge in [-0.3, -0.25) is 20.2 Å². The standard InChI is InChI=1S/C13H11F3N4O3S2/c1-2-11-18-19-12(25-11)17-10(21)6-24-9-4-3-7(13(14,15)16)5-8(9)20(22)23/h3-5H,2,6H2,1H3,(H,17,19,21). The topological polar surface area (TPSA) is 98.0 Å². The number of nitrogens with zero attached hydrogens (tertiary/aromatic N) is 3. The van der Waals surface area contributed by atoms with Crippen LogP contribution in [0.3, 0.4) is 0 Å². The van der Waals surface area contributed by atoms with Crippen LogP contribution in [0.15, 0.2) is 23.1 Å². The van der Waals surface area contributed by atoms with Crippen LogP contribution in [-0.4, -0.2) is 26.8 Å². The molecule has 1 N–H and O–H groups in total. The molecule has 25 heavy (non-hydrogen) atoms. The second-order valence-corrected chi connectivity index (χ2v) is 6.71. The van der Waals surface area contributed by atoms with Gasteiger partial charge in [0.2, 0.25) is 11.0 Å². The normalized spacial score (nSPS) is 11.4. The molecule has 0 aliphatic carbocycles.